The van der Waals surface area contributed by atoms with Crippen molar-refractivity contribution in [3.8, 4) is 0 Å². The van der Waals surface area contributed by atoms with E-state index in [9.17, 15) is 10.2 Å². The highest BCUT2D eigenvalue weighted by atomic mass is 16.3. The molecule has 0 spiro atoms. The van der Waals surface area contributed by atoms with E-state index in [2.05, 4.69) is 19.9 Å². The topological polar surface area (TPSA) is 40.5 Å². The predicted octanol–water partition coefficient (Wildman–Crippen LogP) is 5.87. The fourth-order valence-corrected chi connectivity index (χ4v) is 8.01. The smallest absolute Gasteiger partial charge is 0.0591 e. The number of aliphatic hydroxyl groups is 2. The molecular formula is C25H42O2. The lowest BCUT2D eigenvalue weighted by Crippen LogP contribution is -2.50. The standard InChI is InChI=1S/C25H42O2/c1-23(2,27)13-5-6-17-8-10-21-20-9-7-18-16-19(26)11-14-25(18,4)22(20)12-15-24(17,21)3/h7,17,19-22,26-27H,5-6,8-16H2,1-4H3/t17-,19-,20-,21-,22-,24+,25-/m0/s1. The van der Waals surface area contributed by atoms with E-state index in [4.69, 9.17) is 0 Å². The molecule has 2 N–H and O–H groups in total. The molecule has 0 amide bonds. The van der Waals surface area contributed by atoms with Gasteiger partial charge >= 0.3 is 0 Å². The Hall–Kier alpha value is -0.340. The Morgan fingerprint density at radius 2 is 1.85 bits per heavy atom. The molecule has 0 aromatic rings. The minimum atomic E-state index is -0.513. The summed E-state index contributed by atoms with van der Waals surface area (Å²) >= 11 is 0. The van der Waals surface area contributed by atoms with Gasteiger partial charge in [-0.15, -0.1) is 0 Å². The molecular weight excluding hydrogens is 332 g/mol. The molecule has 0 aromatic heterocycles. The van der Waals surface area contributed by atoms with Crippen LogP contribution in [0.25, 0.3) is 0 Å². The SMILES string of the molecule is CC(C)(O)CCC[C@H]1CC[C@H]2[C@@H]3CC=C4C[C@@H](O)CC[C@]4(C)[C@H]3CC[C@]12C. The molecule has 154 valence electrons. The van der Waals surface area contributed by atoms with Crippen molar-refractivity contribution in [2.24, 2.45) is 34.5 Å². The third-order valence-electron chi connectivity index (χ3n) is 9.62. The van der Waals surface area contributed by atoms with E-state index in [1.54, 1.807) is 5.57 Å². The van der Waals surface area contributed by atoms with Crippen molar-refractivity contribution in [2.45, 2.75) is 110 Å². The summed E-state index contributed by atoms with van der Waals surface area (Å²) in [5.41, 5.74) is 1.96. The maximum Gasteiger partial charge on any atom is 0.0591 e. The molecule has 4 aliphatic rings. The highest BCUT2D eigenvalue weighted by Crippen LogP contribution is 2.66. The number of fused-ring (bicyclic) bond motifs is 5. The lowest BCUT2D eigenvalue weighted by Gasteiger charge is -2.58. The zero-order chi connectivity index (χ0) is 19.4. The second kappa shape index (κ2) is 6.87. The van der Waals surface area contributed by atoms with Gasteiger partial charge in [0.2, 0.25) is 0 Å². The highest BCUT2D eigenvalue weighted by Gasteiger charge is 2.58. The van der Waals surface area contributed by atoms with Crippen LogP contribution in [0.2, 0.25) is 0 Å². The Morgan fingerprint density at radius 1 is 1.07 bits per heavy atom. The molecule has 0 heterocycles. The van der Waals surface area contributed by atoms with E-state index in [1.807, 2.05) is 13.8 Å². The summed E-state index contributed by atoms with van der Waals surface area (Å²) in [6.45, 7) is 9.04. The van der Waals surface area contributed by atoms with Gasteiger partial charge in [-0.1, -0.05) is 31.9 Å². The fraction of sp³-hybridized carbons (Fsp3) is 0.920. The predicted molar refractivity (Wildman–Crippen MR) is 111 cm³/mol. The maximum atomic E-state index is 10.2. The van der Waals surface area contributed by atoms with Crippen LogP contribution in [0.4, 0.5) is 0 Å². The average molecular weight is 375 g/mol. The zero-order valence-electron chi connectivity index (χ0n) is 18.1. The van der Waals surface area contributed by atoms with Crippen molar-refractivity contribution in [2.75, 3.05) is 0 Å². The van der Waals surface area contributed by atoms with Crippen molar-refractivity contribution >= 4 is 0 Å². The van der Waals surface area contributed by atoms with Crippen LogP contribution in [0, 0.1) is 34.5 Å². The Bertz CT molecular complexity index is 588. The van der Waals surface area contributed by atoms with Gasteiger partial charge in [0.05, 0.1) is 11.7 Å². The minimum absolute atomic E-state index is 0.0960. The van der Waals surface area contributed by atoms with Crippen LogP contribution in [-0.2, 0) is 0 Å². The van der Waals surface area contributed by atoms with E-state index in [1.165, 1.54) is 51.4 Å². The zero-order valence-corrected chi connectivity index (χ0v) is 18.1. The van der Waals surface area contributed by atoms with Gasteiger partial charge in [-0.05, 0) is 113 Å². The van der Waals surface area contributed by atoms with Crippen molar-refractivity contribution in [1.82, 2.24) is 0 Å². The Morgan fingerprint density at radius 3 is 2.59 bits per heavy atom. The molecule has 7 atom stereocenters. The van der Waals surface area contributed by atoms with Gasteiger partial charge in [0, 0.05) is 0 Å². The molecule has 4 rings (SSSR count). The van der Waals surface area contributed by atoms with Crippen molar-refractivity contribution in [3.63, 3.8) is 0 Å². The van der Waals surface area contributed by atoms with Crippen molar-refractivity contribution in [1.29, 1.82) is 0 Å². The van der Waals surface area contributed by atoms with Crippen molar-refractivity contribution in [3.05, 3.63) is 11.6 Å². The third-order valence-corrected chi connectivity index (χ3v) is 9.62. The van der Waals surface area contributed by atoms with Gasteiger partial charge in [-0.3, -0.25) is 0 Å². The second-order valence-corrected chi connectivity index (χ2v) is 11.7. The summed E-state index contributed by atoms with van der Waals surface area (Å²) in [4.78, 5) is 0. The lowest BCUT2D eigenvalue weighted by atomic mass is 9.47. The number of hydrogen-bond acceptors (Lipinski definition) is 2. The molecule has 4 aliphatic carbocycles. The molecule has 2 heteroatoms. The minimum Gasteiger partial charge on any atom is -0.393 e. The molecule has 0 aliphatic heterocycles. The van der Waals surface area contributed by atoms with Crippen molar-refractivity contribution < 1.29 is 10.2 Å². The van der Waals surface area contributed by atoms with Crippen LogP contribution in [0.3, 0.4) is 0 Å². The number of allylic oxidation sites excluding steroid dienone is 1. The first-order valence-electron chi connectivity index (χ1n) is 11.7. The van der Waals surface area contributed by atoms with Crippen LogP contribution in [0.5, 0.6) is 0 Å². The first kappa shape index (κ1) is 20.0. The Labute approximate surface area is 166 Å². The average Bonchev–Trinajstić information content (AvgIpc) is 2.91. The molecule has 3 saturated carbocycles. The molecule has 0 aromatic carbocycles. The van der Waals surface area contributed by atoms with E-state index in [0.717, 1.165) is 42.9 Å². The second-order valence-electron chi connectivity index (χ2n) is 11.7. The quantitative estimate of drug-likeness (QED) is 0.604. The van der Waals surface area contributed by atoms with Crippen LogP contribution in [-0.4, -0.2) is 21.9 Å². The molecule has 0 radical (unpaired) electrons. The fourth-order valence-electron chi connectivity index (χ4n) is 8.01. The summed E-state index contributed by atoms with van der Waals surface area (Å²) in [6.07, 6.45) is 15.9. The number of aliphatic hydroxyl groups excluding tert-OH is 1. The van der Waals surface area contributed by atoms with Gasteiger partial charge in [-0.25, -0.2) is 0 Å². The summed E-state index contributed by atoms with van der Waals surface area (Å²) in [6, 6.07) is 0. The summed E-state index contributed by atoms with van der Waals surface area (Å²) in [7, 11) is 0. The molecule has 0 saturated heterocycles. The normalized spacial score (nSPS) is 47.0. The third kappa shape index (κ3) is 3.44. The van der Waals surface area contributed by atoms with E-state index < -0.39 is 5.60 Å². The van der Waals surface area contributed by atoms with Crippen LogP contribution < -0.4 is 0 Å². The van der Waals surface area contributed by atoms with Gasteiger partial charge in [-0.2, -0.15) is 0 Å². The van der Waals surface area contributed by atoms with Crippen LogP contribution >= 0.6 is 0 Å². The summed E-state index contributed by atoms with van der Waals surface area (Å²) < 4.78 is 0. The largest absolute Gasteiger partial charge is 0.393 e. The Balaban J connectivity index is 1.49. The van der Waals surface area contributed by atoms with Gasteiger partial charge in [0.15, 0.2) is 0 Å². The summed E-state index contributed by atoms with van der Waals surface area (Å²) in [5.74, 6) is 3.47. The lowest BCUT2D eigenvalue weighted by molar-refractivity contribution is -0.0514. The van der Waals surface area contributed by atoms with Crippen LogP contribution in [0.1, 0.15) is 98.3 Å². The van der Waals surface area contributed by atoms with Gasteiger partial charge in [0.25, 0.3) is 0 Å². The monoisotopic (exact) mass is 374 g/mol. The van der Waals surface area contributed by atoms with E-state index >= 15 is 0 Å². The first-order valence-corrected chi connectivity index (χ1v) is 11.7. The molecule has 0 unspecified atom stereocenters. The highest BCUT2D eigenvalue weighted by molar-refractivity contribution is 5.25. The van der Waals surface area contributed by atoms with E-state index in [0.29, 0.717) is 10.8 Å². The van der Waals surface area contributed by atoms with Gasteiger partial charge in [0.1, 0.15) is 0 Å². The van der Waals surface area contributed by atoms with E-state index in [-0.39, 0.29) is 6.10 Å². The molecule has 3 fully saturated rings. The molecule has 0 bridgehead atoms. The number of hydrogen-bond donors (Lipinski definition) is 2. The maximum absolute atomic E-state index is 10.2. The Kier molecular flexibility index (Phi) is 5.08. The first-order chi connectivity index (χ1) is 12.6. The molecule has 27 heavy (non-hydrogen) atoms. The van der Waals surface area contributed by atoms with Gasteiger partial charge < -0.3 is 10.2 Å². The van der Waals surface area contributed by atoms with Crippen LogP contribution in [0.15, 0.2) is 11.6 Å². The summed E-state index contributed by atoms with van der Waals surface area (Å²) in [5, 5.41) is 20.2. The number of rotatable bonds is 4. The molecule has 2 nitrogen and oxygen atoms in total.